The summed E-state index contributed by atoms with van der Waals surface area (Å²) in [5.41, 5.74) is 0.770. The van der Waals surface area contributed by atoms with E-state index in [9.17, 15) is 0 Å². The van der Waals surface area contributed by atoms with Crippen LogP contribution in [0.3, 0.4) is 0 Å². The Morgan fingerprint density at radius 2 is 2.09 bits per heavy atom. The van der Waals surface area contributed by atoms with E-state index in [1.807, 2.05) is 41.0 Å². The van der Waals surface area contributed by atoms with Crippen LogP contribution in [0.15, 0.2) is 49.1 Å². The predicted molar refractivity (Wildman–Crippen MR) is 83.1 cm³/mol. The Balaban J connectivity index is 1.55. The molecule has 3 heterocycles. The van der Waals surface area contributed by atoms with Gasteiger partial charge in [0.2, 0.25) is 0 Å². The Morgan fingerprint density at radius 3 is 3.00 bits per heavy atom. The van der Waals surface area contributed by atoms with Crippen molar-refractivity contribution in [1.82, 2.24) is 19.6 Å². The van der Waals surface area contributed by atoms with Crippen molar-refractivity contribution in [3.63, 3.8) is 0 Å². The van der Waals surface area contributed by atoms with Gasteiger partial charge >= 0.3 is 0 Å². The maximum Gasteiger partial charge on any atom is 0.175 e. The lowest BCUT2D eigenvalue weighted by molar-refractivity contribution is 0.288. The highest BCUT2D eigenvalue weighted by Crippen LogP contribution is 2.25. The molecule has 1 saturated heterocycles. The number of ether oxygens (including phenoxy) is 1. The minimum Gasteiger partial charge on any atom is -0.491 e. The molecule has 6 nitrogen and oxygen atoms in total. The first kappa shape index (κ1) is 13.1. The number of fused-ring (bicyclic) bond motifs is 1. The van der Waals surface area contributed by atoms with E-state index in [1.54, 1.807) is 12.5 Å². The standard InChI is InChI=1S/C16H17N5O/c1-2-6-14(7-3-1)22-11-13-5-4-8-20(13)16-10-17-9-15-18-12-19-21(15)16/h1-3,6-7,9-10,12-13H,4-5,8,11H2/t13-/m1/s1. The molecule has 0 N–H and O–H groups in total. The number of hydrogen-bond acceptors (Lipinski definition) is 5. The monoisotopic (exact) mass is 295 g/mol. The third-order valence-electron chi connectivity index (χ3n) is 4.03. The van der Waals surface area contributed by atoms with Crippen molar-refractivity contribution < 1.29 is 4.74 Å². The Bertz CT molecular complexity index is 757. The molecule has 1 aromatic carbocycles. The zero-order valence-corrected chi connectivity index (χ0v) is 12.2. The van der Waals surface area contributed by atoms with E-state index in [-0.39, 0.29) is 0 Å². The van der Waals surface area contributed by atoms with Gasteiger partial charge in [0.1, 0.15) is 18.7 Å². The Morgan fingerprint density at radius 1 is 1.18 bits per heavy atom. The van der Waals surface area contributed by atoms with Gasteiger partial charge in [-0.05, 0) is 25.0 Å². The number of aromatic nitrogens is 4. The molecular weight excluding hydrogens is 278 g/mol. The van der Waals surface area contributed by atoms with Gasteiger partial charge in [-0.25, -0.2) is 4.98 Å². The summed E-state index contributed by atoms with van der Waals surface area (Å²) in [5.74, 6) is 1.89. The fourth-order valence-corrected chi connectivity index (χ4v) is 2.96. The summed E-state index contributed by atoms with van der Waals surface area (Å²) in [4.78, 5) is 10.8. The van der Waals surface area contributed by atoms with Crippen molar-refractivity contribution in [2.75, 3.05) is 18.1 Å². The van der Waals surface area contributed by atoms with Crippen molar-refractivity contribution in [2.24, 2.45) is 0 Å². The second kappa shape index (κ2) is 5.63. The first-order valence-electron chi connectivity index (χ1n) is 7.50. The lowest BCUT2D eigenvalue weighted by Gasteiger charge is -2.26. The van der Waals surface area contributed by atoms with Crippen LogP contribution >= 0.6 is 0 Å². The summed E-state index contributed by atoms with van der Waals surface area (Å²) < 4.78 is 7.77. The van der Waals surface area contributed by atoms with Crippen LogP contribution in [0.1, 0.15) is 12.8 Å². The molecule has 0 unspecified atom stereocenters. The molecule has 3 aromatic rings. The van der Waals surface area contributed by atoms with Gasteiger partial charge in [-0.15, -0.1) is 0 Å². The van der Waals surface area contributed by atoms with Crippen molar-refractivity contribution in [3.8, 4) is 5.75 Å². The molecule has 4 rings (SSSR count). The normalized spacial score (nSPS) is 18.0. The zero-order valence-electron chi connectivity index (χ0n) is 12.2. The maximum absolute atomic E-state index is 5.93. The Hall–Kier alpha value is -2.63. The molecule has 1 aliphatic rings. The smallest absolute Gasteiger partial charge is 0.175 e. The summed E-state index contributed by atoms with van der Waals surface area (Å²) >= 11 is 0. The van der Waals surface area contributed by atoms with E-state index in [0.29, 0.717) is 12.6 Å². The second-order valence-electron chi connectivity index (χ2n) is 5.41. The van der Waals surface area contributed by atoms with E-state index >= 15 is 0 Å². The fourth-order valence-electron chi connectivity index (χ4n) is 2.96. The first-order chi connectivity index (χ1) is 10.9. The van der Waals surface area contributed by atoms with Crippen LogP contribution in [0.5, 0.6) is 5.75 Å². The third kappa shape index (κ3) is 2.36. The van der Waals surface area contributed by atoms with Crippen molar-refractivity contribution in [3.05, 3.63) is 49.1 Å². The molecule has 112 valence electrons. The second-order valence-corrected chi connectivity index (χ2v) is 5.41. The summed E-state index contributed by atoms with van der Waals surface area (Å²) in [7, 11) is 0. The average molecular weight is 295 g/mol. The van der Waals surface area contributed by atoms with Crippen LogP contribution in [-0.2, 0) is 0 Å². The Labute approximate surface area is 128 Å². The first-order valence-corrected chi connectivity index (χ1v) is 7.50. The van der Waals surface area contributed by atoms with Gasteiger partial charge in [-0.2, -0.15) is 9.61 Å². The van der Waals surface area contributed by atoms with Crippen LogP contribution in [0, 0.1) is 0 Å². The number of hydrogen-bond donors (Lipinski definition) is 0. The van der Waals surface area contributed by atoms with Crippen LogP contribution < -0.4 is 9.64 Å². The van der Waals surface area contributed by atoms with Gasteiger partial charge in [-0.3, -0.25) is 4.98 Å². The van der Waals surface area contributed by atoms with E-state index in [0.717, 1.165) is 36.6 Å². The molecule has 0 aliphatic carbocycles. The van der Waals surface area contributed by atoms with Crippen LogP contribution in [0.25, 0.3) is 5.65 Å². The molecular formula is C16H17N5O. The largest absolute Gasteiger partial charge is 0.491 e. The molecule has 1 aliphatic heterocycles. The molecule has 0 bridgehead atoms. The van der Waals surface area contributed by atoms with Crippen LogP contribution in [0.4, 0.5) is 5.82 Å². The summed E-state index contributed by atoms with van der Waals surface area (Å²) in [6.45, 7) is 1.65. The van der Waals surface area contributed by atoms with Gasteiger partial charge in [0, 0.05) is 6.54 Å². The number of para-hydroxylation sites is 1. The van der Waals surface area contributed by atoms with Crippen molar-refractivity contribution in [1.29, 1.82) is 0 Å². The molecule has 0 spiro atoms. The van der Waals surface area contributed by atoms with Gasteiger partial charge in [0.05, 0.1) is 18.4 Å². The summed E-state index contributed by atoms with van der Waals surface area (Å²) in [6, 6.07) is 10.3. The fraction of sp³-hybridized carbons (Fsp3) is 0.312. The molecule has 22 heavy (non-hydrogen) atoms. The SMILES string of the molecule is c1ccc(OC[C@H]2CCCN2c2cncc3ncnn23)cc1. The van der Waals surface area contributed by atoms with E-state index in [2.05, 4.69) is 20.0 Å². The van der Waals surface area contributed by atoms with Gasteiger partial charge < -0.3 is 9.64 Å². The molecule has 6 heteroatoms. The topological polar surface area (TPSA) is 55.5 Å². The molecule has 1 fully saturated rings. The van der Waals surface area contributed by atoms with Gasteiger partial charge in [0.15, 0.2) is 11.5 Å². The van der Waals surface area contributed by atoms with Crippen molar-refractivity contribution in [2.45, 2.75) is 18.9 Å². The highest BCUT2D eigenvalue weighted by atomic mass is 16.5. The number of benzene rings is 1. The molecule has 0 amide bonds. The van der Waals surface area contributed by atoms with E-state index in [1.165, 1.54) is 0 Å². The quantitative estimate of drug-likeness (QED) is 0.738. The van der Waals surface area contributed by atoms with Gasteiger partial charge in [-0.1, -0.05) is 18.2 Å². The lowest BCUT2D eigenvalue weighted by atomic mass is 10.2. The minimum atomic E-state index is 0.330. The lowest BCUT2D eigenvalue weighted by Crippen LogP contribution is -2.35. The number of rotatable bonds is 4. The highest BCUT2D eigenvalue weighted by Gasteiger charge is 2.27. The molecule has 0 saturated carbocycles. The summed E-state index contributed by atoms with van der Waals surface area (Å²) in [5, 5.41) is 4.30. The maximum atomic E-state index is 5.93. The van der Waals surface area contributed by atoms with E-state index < -0.39 is 0 Å². The van der Waals surface area contributed by atoms with Gasteiger partial charge in [0.25, 0.3) is 0 Å². The zero-order chi connectivity index (χ0) is 14.8. The predicted octanol–water partition coefficient (Wildman–Crippen LogP) is 2.17. The minimum absolute atomic E-state index is 0.330. The molecule has 2 aromatic heterocycles. The van der Waals surface area contributed by atoms with E-state index in [4.69, 9.17) is 4.74 Å². The summed E-state index contributed by atoms with van der Waals surface area (Å²) in [6.07, 6.45) is 7.39. The van der Waals surface area contributed by atoms with Crippen molar-refractivity contribution >= 4 is 11.5 Å². The third-order valence-corrected chi connectivity index (χ3v) is 4.03. The Kier molecular flexibility index (Phi) is 3.34. The highest BCUT2D eigenvalue weighted by molar-refractivity contribution is 5.48. The number of anilines is 1. The van der Waals surface area contributed by atoms with Crippen LogP contribution in [0.2, 0.25) is 0 Å². The molecule has 0 radical (unpaired) electrons. The van der Waals surface area contributed by atoms with Crippen LogP contribution in [-0.4, -0.2) is 38.8 Å². The average Bonchev–Trinajstić information content (AvgIpc) is 3.22. The number of nitrogens with zero attached hydrogens (tertiary/aromatic N) is 5. The molecule has 1 atom stereocenters.